The lowest BCUT2D eigenvalue weighted by Crippen LogP contribution is -2.42. The topological polar surface area (TPSA) is 32.8 Å². The Labute approximate surface area is 91.2 Å². The predicted octanol–water partition coefficient (Wildman–Crippen LogP) is 0.329. The van der Waals surface area contributed by atoms with Crippen LogP contribution in [0, 0.1) is 0 Å². The van der Waals surface area contributed by atoms with E-state index in [2.05, 4.69) is 11.9 Å². The Morgan fingerprint density at radius 3 is 2.73 bits per heavy atom. The van der Waals surface area contributed by atoms with Gasteiger partial charge in [-0.05, 0) is 19.9 Å². The number of ether oxygens (including phenoxy) is 1. The minimum atomic E-state index is 0.108. The van der Waals surface area contributed by atoms with E-state index in [0.29, 0.717) is 6.42 Å². The molecule has 0 radical (unpaired) electrons. The van der Waals surface area contributed by atoms with E-state index in [4.69, 9.17) is 4.74 Å². The van der Waals surface area contributed by atoms with Crippen LogP contribution in [0.15, 0.2) is 0 Å². The summed E-state index contributed by atoms with van der Waals surface area (Å²) in [6.07, 6.45) is 3.00. The summed E-state index contributed by atoms with van der Waals surface area (Å²) in [6.45, 7) is 4.52. The third-order valence-electron chi connectivity index (χ3n) is 3.20. The highest BCUT2D eigenvalue weighted by Crippen LogP contribution is 2.13. The smallest absolute Gasteiger partial charge is 0.225 e. The van der Waals surface area contributed by atoms with Crippen molar-refractivity contribution in [2.24, 2.45) is 0 Å². The molecule has 2 saturated heterocycles. The highest BCUT2D eigenvalue weighted by molar-refractivity contribution is 5.77. The van der Waals surface area contributed by atoms with Gasteiger partial charge in [0.05, 0.1) is 19.1 Å². The average Bonchev–Trinajstić information content (AvgIpc) is 2.70. The lowest BCUT2D eigenvalue weighted by molar-refractivity contribution is -0.134. The fourth-order valence-corrected chi connectivity index (χ4v) is 2.28. The molecule has 0 aromatic heterocycles. The molecule has 86 valence electrons. The number of carbonyl (C=O) groups excluding carboxylic acids is 1. The lowest BCUT2D eigenvalue weighted by atomic mass is 10.2. The Hall–Kier alpha value is -0.610. The van der Waals surface area contributed by atoms with E-state index in [9.17, 15) is 4.79 Å². The minimum absolute atomic E-state index is 0.108. The molecule has 0 aromatic rings. The van der Waals surface area contributed by atoms with E-state index in [1.807, 2.05) is 4.90 Å². The molecule has 2 fully saturated rings. The summed E-state index contributed by atoms with van der Waals surface area (Å²) >= 11 is 0. The van der Waals surface area contributed by atoms with Gasteiger partial charge < -0.3 is 14.5 Å². The predicted molar refractivity (Wildman–Crippen MR) is 57.7 cm³/mol. The molecule has 2 aliphatic rings. The molecule has 15 heavy (non-hydrogen) atoms. The molecule has 0 N–H and O–H groups in total. The van der Waals surface area contributed by atoms with E-state index in [1.165, 1.54) is 0 Å². The maximum atomic E-state index is 11.8. The van der Waals surface area contributed by atoms with Crippen LogP contribution >= 0.6 is 0 Å². The number of hydrogen-bond acceptors (Lipinski definition) is 3. The van der Waals surface area contributed by atoms with Gasteiger partial charge in [-0.25, -0.2) is 0 Å². The normalized spacial score (nSPS) is 28.3. The zero-order valence-electron chi connectivity index (χ0n) is 9.45. The Morgan fingerprint density at radius 2 is 2.07 bits per heavy atom. The molecule has 2 aliphatic heterocycles. The monoisotopic (exact) mass is 212 g/mol. The summed E-state index contributed by atoms with van der Waals surface area (Å²) in [4.78, 5) is 16.0. The average molecular weight is 212 g/mol. The van der Waals surface area contributed by atoms with Crippen molar-refractivity contribution in [2.45, 2.75) is 25.4 Å². The standard InChI is InChI=1S/C11H20N2O2/c1-12-6-7-15-10(9-12)8-11(14)13-4-2-3-5-13/h10H,2-9H2,1H3. The SMILES string of the molecule is CN1CCOC(CC(=O)N2CCCC2)C1. The maximum absolute atomic E-state index is 11.8. The third kappa shape index (κ3) is 2.92. The van der Waals surface area contributed by atoms with Gasteiger partial charge in [0, 0.05) is 26.2 Å². The minimum Gasteiger partial charge on any atom is -0.375 e. The van der Waals surface area contributed by atoms with Gasteiger partial charge in [0.25, 0.3) is 0 Å². The lowest BCUT2D eigenvalue weighted by Gasteiger charge is -2.30. The van der Waals surface area contributed by atoms with Crippen molar-refractivity contribution in [2.75, 3.05) is 39.8 Å². The van der Waals surface area contributed by atoms with Crippen molar-refractivity contribution >= 4 is 5.91 Å². The van der Waals surface area contributed by atoms with Gasteiger partial charge in [0.2, 0.25) is 5.91 Å². The van der Waals surface area contributed by atoms with Crippen LogP contribution in [0.4, 0.5) is 0 Å². The first kappa shape index (κ1) is 10.9. The summed E-state index contributed by atoms with van der Waals surface area (Å²) in [5.74, 6) is 0.271. The van der Waals surface area contributed by atoms with Crippen molar-refractivity contribution in [1.82, 2.24) is 9.80 Å². The highest BCUT2D eigenvalue weighted by Gasteiger charge is 2.24. The summed E-state index contributed by atoms with van der Waals surface area (Å²) in [5.41, 5.74) is 0. The van der Waals surface area contributed by atoms with E-state index >= 15 is 0 Å². The van der Waals surface area contributed by atoms with Crippen molar-refractivity contribution in [3.05, 3.63) is 0 Å². The molecule has 1 unspecified atom stereocenters. The fraction of sp³-hybridized carbons (Fsp3) is 0.909. The first-order chi connectivity index (χ1) is 7.25. The highest BCUT2D eigenvalue weighted by atomic mass is 16.5. The molecule has 0 bridgehead atoms. The second kappa shape index (κ2) is 4.94. The Morgan fingerprint density at radius 1 is 1.33 bits per heavy atom. The second-order valence-electron chi connectivity index (χ2n) is 4.55. The van der Waals surface area contributed by atoms with Gasteiger partial charge in [-0.3, -0.25) is 4.79 Å². The van der Waals surface area contributed by atoms with E-state index in [1.54, 1.807) is 0 Å². The fourth-order valence-electron chi connectivity index (χ4n) is 2.28. The molecule has 0 saturated carbocycles. The summed E-state index contributed by atoms with van der Waals surface area (Å²) in [7, 11) is 2.08. The number of morpholine rings is 1. The number of amides is 1. The molecular weight excluding hydrogens is 192 g/mol. The van der Waals surface area contributed by atoms with Crippen LogP contribution in [0.1, 0.15) is 19.3 Å². The number of likely N-dealkylation sites (N-methyl/N-ethyl adjacent to an activating group) is 1. The number of carbonyl (C=O) groups is 1. The molecule has 4 nitrogen and oxygen atoms in total. The summed E-state index contributed by atoms with van der Waals surface area (Å²) in [5, 5.41) is 0. The van der Waals surface area contributed by atoms with Crippen molar-refractivity contribution in [3.63, 3.8) is 0 Å². The largest absolute Gasteiger partial charge is 0.375 e. The third-order valence-corrected chi connectivity index (χ3v) is 3.20. The van der Waals surface area contributed by atoms with E-state index in [-0.39, 0.29) is 12.0 Å². The van der Waals surface area contributed by atoms with Gasteiger partial charge in [-0.15, -0.1) is 0 Å². The van der Waals surface area contributed by atoms with Gasteiger partial charge in [0.15, 0.2) is 0 Å². The number of hydrogen-bond donors (Lipinski definition) is 0. The zero-order chi connectivity index (χ0) is 10.7. The van der Waals surface area contributed by atoms with Crippen LogP contribution in [0.25, 0.3) is 0 Å². The van der Waals surface area contributed by atoms with Crippen LogP contribution in [0.2, 0.25) is 0 Å². The van der Waals surface area contributed by atoms with Crippen molar-refractivity contribution in [3.8, 4) is 0 Å². The van der Waals surface area contributed by atoms with Crippen LogP contribution in [0.3, 0.4) is 0 Å². The molecule has 4 heteroatoms. The van der Waals surface area contributed by atoms with Gasteiger partial charge in [-0.1, -0.05) is 0 Å². The van der Waals surface area contributed by atoms with Crippen LogP contribution < -0.4 is 0 Å². The van der Waals surface area contributed by atoms with Crippen molar-refractivity contribution in [1.29, 1.82) is 0 Å². The molecule has 0 spiro atoms. The van der Waals surface area contributed by atoms with E-state index < -0.39 is 0 Å². The molecule has 1 amide bonds. The van der Waals surface area contributed by atoms with Crippen LogP contribution in [-0.2, 0) is 9.53 Å². The number of likely N-dealkylation sites (tertiary alicyclic amines) is 1. The summed E-state index contributed by atoms with van der Waals surface area (Å²) in [6, 6.07) is 0. The Kier molecular flexibility index (Phi) is 3.59. The van der Waals surface area contributed by atoms with Gasteiger partial charge in [0.1, 0.15) is 0 Å². The van der Waals surface area contributed by atoms with Gasteiger partial charge in [-0.2, -0.15) is 0 Å². The molecule has 2 rings (SSSR count). The molecule has 2 heterocycles. The first-order valence-electron chi connectivity index (χ1n) is 5.83. The van der Waals surface area contributed by atoms with Crippen LogP contribution in [0.5, 0.6) is 0 Å². The molecule has 0 aliphatic carbocycles. The molecule has 0 aromatic carbocycles. The van der Waals surface area contributed by atoms with E-state index in [0.717, 1.165) is 45.6 Å². The first-order valence-corrected chi connectivity index (χ1v) is 5.83. The Bertz CT molecular complexity index is 227. The second-order valence-corrected chi connectivity index (χ2v) is 4.55. The molecule has 1 atom stereocenters. The zero-order valence-corrected chi connectivity index (χ0v) is 9.45. The maximum Gasteiger partial charge on any atom is 0.225 e. The Balaban J connectivity index is 1.77. The number of nitrogens with zero attached hydrogens (tertiary/aromatic N) is 2. The van der Waals surface area contributed by atoms with Gasteiger partial charge >= 0.3 is 0 Å². The van der Waals surface area contributed by atoms with Crippen LogP contribution in [-0.4, -0.2) is 61.6 Å². The number of rotatable bonds is 2. The van der Waals surface area contributed by atoms with Crippen molar-refractivity contribution < 1.29 is 9.53 Å². The summed E-state index contributed by atoms with van der Waals surface area (Å²) < 4.78 is 5.59. The molecular formula is C11H20N2O2. The quantitative estimate of drug-likeness (QED) is 0.661.